The van der Waals surface area contributed by atoms with Crippen molar-refractivity contribution < 1.29 is 9.47 Å². The van der Waals surface area contributed by atoms with Gasteiger partial charge in [0, 0.05) is 0 Å². The molecule has 0 aliphatic rings. The van der Waals surface area contributed by atoms with Crippen LogP contribution in [0.15, 0.2) is 24.3 Å². The third-order valence-corrected chi connectivity index (χ3v) is 2.36. The van der Waals surface area contributed by atoms with Crippen LogP contribution in [0.1, 0.15) is 11.6 Å². The summed E-state index contributed by atoms with van der Waals surface area (Å²) >= 11 is 2.15. The molecule has 0 bridgehead atoms. The highest BCUT2D eigenvalue weighted by atomic mass is 127. The molecule has 1 aromatic carbocycles. The summed E-state index contributed by atoms with van der Waals surface area (Å²) in [5.41, 5.74) is 6.97. The van der Waals surface area contributed by atoms with Gasteiger partial charge in [-0.25, -0.2) is 0 Å². The van der Waals surface area contributed by atoms with Crippen molar-refractivity contribution in [2.45, 2.75) is 6.04 Å². The van der Waals surface area contributed by atoms with E-state index in [0.717, 1.165) is 11.3 Å². The lowest BCUT2D eigenvalue weighted by molar-refractivity contribution is 0.174. The predicted molar refractivity (Wildman–Crippen MR) is 64.8 cm³/mol. The lowest BCUT2D eigenvalue weighted by Gasteiger charge is -2.11. The van der Waals surface area contributed by atoms with Crippen molar-refractivity contribution in [2.75, 3.05) is 18.3 Å². The van der Waals surface area contributed by atoms with Gasteiger partial charge in [0.1, 0.15) is 5.75 Å². The number of rotatable bonds is 5. The number of hydrogen-bond acceptors (Lipinski definition) is 3. The van der Waals surface area contributed by atoms with E-state index < -0.39 is 0 Å². The molecule has 14 heavy (non-hydrogen) atoms. The van der Waals surface area contributed by atoms with Crippen molar-refractivity contribution in [3.05, 3.63) is 29.8 Å². The van der Waals surface area contributed by atoms with Crippen LogP contribution in [-0.2, 0) is 4.74 Å². The second-order valence-electron chi connectivity index (χ2n) is 2.86. The van der Waals surface area contributed by atoms with Crippen molar-refractivity contribution in [1.29, 1.82) is 0 Å². The Morgan fingerprint density at radius 3 is 2.50 bits per heavy atom. The van der Waals surface area contributed by atoms with Crippen LogP contribution in [0.2, 0.25) is 0 Å². The average Bonchev–Trinajstić information content (AvgIpc) is 2.26. The summed E-state index contributed by atoms with van der Waals surface area (Å²) in [5, 5.41) is 0. The van der Waals surface area contributed by atoms with Gasteiger partial charge in [-0.05, 0) is 17.7 Å². The molecule has 0 fully saturated rings. The lowest BCUT2D eigenvalue weighted by atomic mass is 10.1. The summed E-state index contributed by atoms with van der Waals surface area (Å²) in [6, 6.07) is 7.66. The maximum absolute atomic E-state index is 5.90. The summed E-state index contributed by atoms with van der Waals surface area (Å²) in [7, 11) is 1.65. The fourth-order valence-corrected chi connectivity index (χ4v) is 1.37. The standard InChI is InChI=1S/C10H14INO2/c1-13-9-4-2-8(3-5-9)10(12)6-14-7-11/h2-5,10H,6-7,12H2,1H3. The normalized spacial score (nSPS) is 12.5. The molecule has 2 N–H and O–H groups in total. The number of halogens is 1. The van der Waals surface area contributed by atoms with Gasteiger partial charge in [0.2, 0.25) is 0 Å². The van der Waals surface area contributed by atoms with Crippen LogP contribution >= 0.6 is 22.6 Å². The maximum Gasteiger partial charge on any atom is 0.118 e. The van der Waals surface area contributed by atoms with Crippen molar-refractivity contribution in [2.24, 2.45) is 5.73 Å². The van der Waals surface area contributed by atoms with E-state index in [0.29, 0.717) is 11.2 Å². The van der Waals surface area contributed by atoms with Gasteiger partial charge in [-0.2, -0.15) is 0 Å². The van der Waals surface area contributed by atoms with Gasteiger partial charge in [0.25, 0.3) is 0 Å². The Morgan fingerprint density at radius 2 is 2.00 bits per heavy atom. The molecule has 1 aromatic rings. The molecule has 0 aromatic heterocycles. The van der Waals surface area contributed by atoms with E-state index in [-0.39, 0.29) is 6.04 Å². The Morgan fingerprint density at radius 1 is 1.36 bits per heavy atom. The van der Waals surface area contributed by atoms with Gasteiger partial charge in [-0.1, -0.05) is 34.7 Å². The predicted octanol–water partition coefficient (Wildman–Crippen LogP) is 2.10. The van der Waals surface area contributed by atoms with Crippen LogP contribution in [0.25, 0.3) is 0 Å². The van der Waals surface area contributed by atoms with Crippen molar-refractivity contribution >= 4 is 22.6 Å². The molecule has 3 nitrogen and oxygen atoms in total. The molecule has 0 aliphatic carbocycles. The second-order valence-corrected chi connectivity index (χ2v) is 3.48. The molecule has 0 aliphatic heterocycles. The molecule has 1 rings (SSSR count). The molecule has 0 saturated heterocycles. The zero-order valence-corrected chi connectivity index (χ0v) is 10.2. The molecule has 78 valence electrons. The third-order valence-electron chi connectivity index (χ3n) is 1.92. The van der Waals surface area contributed by atoms with E-state index in [1.807, 2.05) is 24.3 Å². The number of benzene rings is 1. The third kappa shape index (κ3) is 3.43. The lowest BCUT2D eigenvalue weighted by Crippen LogP contribution is -2.16. The molecular formula is C10H14INO2. The number of ether oxygens (including phenoxy) is 2. The number of nitrogens with two attached hydrogens (primary N) is 1. The molecule has 0 heterocycles. The SMILES string of the molecule is COc1ccc(C(N)COCI)cc1. The van der Waals surface area contributed by atoms with E-state index in [9.17, 15) is 0 Å². The zero-order valence-electron chi connectivity index (χ0n) is 8.07. The average molecular weight is 307 g/mol. The molecule has 4 heteroatoms. The first-order valence-electron chi connectivity index (χ1n) is 4.31. The highest BCUT2D eigenvalue weighted by Gasteiger charge is 2.05. The molecule has 0 radical (unpaired) electrons. The molecule has 0 saturated carbocycles. The molecule has 1 atom stereocenters. The van der Waals surface area contributed by atoms with E-state index in [4.69, 9.17) is 15.2 Å². The summed E-state index contributed by atoms with van der Waals surface area (Å²) in [6.45, 7) is 0.551. The van der Waals surface area contributed by atoms with Gasteiger partial charge in [0.05, 0.1) is 24.4 Å². The first kappa shape index (κ1) is 11.7. The fraction of sp³-hybridized carbons (Fsp3) is 0.400. The van der Waals surface area contributed by atoms with Crippen LogP contribution in [0.4, 0.5) is 0 Å². The molecule has 1 unspecified atom stereocenters. The number of alkyl halides is 1. The van der Waals surface area contributed by atoms with Gasteiger partial charge in [-0.3, -0.25) is 0 Å². The van der Waals surface area contributed by atoms with Gasteiger partial charge in [-0.15, -0.1) is 0 Å². The minimum absolute atomic E-state index is 0.0596. The second kappa shape index (κ2) is 6.21. The topological polar surface area (TPSA) is 44.5 Å². The zero-order chi connectivity index (χ0) is 10.4. The van der Waals surface area contributed by atoms with Crippen LogP contribution < -0.4 is 10.5 Å². The highest BCUT2D eigenvalue weighted by molar-refractivity contribution is 14.1. The van der Waals surface area contributed by atoms with E-state index in [1.54, 1.807) is 7.11 Å². The van der Waals surface area contributed by atoms with Crippen molar-refractivity contribution in [1.82, 2.24) is 0 Å². The smallest absolute Gasteiger partial charge is 0.118 e. The van der Waals surface area contributed by atoms with Crippen molar-refractivity contribution in [3.8, 4) is 5.75 Å². The highest BCUT2D eigenvalue weighted by Crippen LogP contribution is 2.16. The number of hydrogen-bond donors (Lipinski definition) is 1. The van der Waals surface area contributed by atoms with Crippen molar-refractivity contribution in [3.63, 3.8) is 0 Å². The fourth-order valence-electron chi connectivity index (χ4n) is 1.12. The Labute approximate surface area is 97.7 Å². The monoisotopic (exact) mass is 307 g/mol. The number of methoxy groups -OCH3 is 1. The summed E-state index contributed by atoms with van der Waals surface area (Å²) < 4.78 is 11.0. The first-order valence-corrected chi connectivity index (χ1v) is 5.83. The van der Waals surface area contributed by atoms with Crippen LogP contribution in [0.3, 0.4) is 0 Å². The van der Waals surface area contributed by atoms with E-state index in [1.165, 1.54) is 0 Å². The minimum Gasteiger partial charge on any atom is -0.497 e. The summed E-state index contributed by atoms with van der Waals surface area (Å²) in [5.74, 6) is 0.843. The van der Waals surface area contributed by atoms with Gasteiger partial charge < -0.3 is 15.2 Å². The quantitative estimate of drug-likeness (QED) is 0.669. The van der Waals surface area contributed by atoms with E-state index >= 15 is 0 Å². The minimum atomic E-state index is -0.0596. The Kier molecular flexibility index (Phi) is 5.21. The van der Waals surface area contributed by atoms with E-state index in [2.05, 4.69) is 22.6 Å². The molecule has 0 amide bonds. The Hall–Kier alpha value is -0.330. The van der Waals surface area contributed by atoms with Crippen LogP contribution in [0, 0.1) is 0 Å². The summed E-state index contributed by atoms with van der Waals surface area (Å²) in [6.07, 6.45) is 0. The Bertz CT molecular complexity index is 263. The van der Waals surface area contributed by atoms with Gasteiger partial charge >= 0.3 is 0 Å². The molecule has 0 spiro atoms. The largest absolute Gasteiger partial charge is 0.497 e. The van der Waals surface area contributed by atoms with Crippen LogP contribution in [0.5, 0.6) is 5.75 Å². The van der Waals surface area contributed by atoms with Gasteiger partial charge in [0.15, 0.2) is 0 Å². The maximum atomic E-state index is 5.90. The first-order chi connectivity index (χ1) is 6.77. The van der Waals surface area contributed by atoms with Crippen LogP contribution in [-0.4, -0.2) is 18.3 Å². The summed E-state index contributed by atoms with van der Waals surface area (Å²) in [4.78, 5) is 0. The molecular weight excluding hydrogens is 293 g/mol. The Balaban J connectivity index is 2.57.